The van der Waals surface area contributed by atoms with Gasteiger partial charge in [0.15, 0.2) is 5.65 Å². The third-order valence-corrected chi connectivity index (χ3v) is 5.05. The fourth-order valence-corrected chi connectivity index (χ4v) is 3.39. The minimum atomic E-state index is -0.0151. The molecule has 0 saturated carbocycles. The first kappa shape index (κ1) is 20.3. The summed E-state index contributed by atoms with van der Waals surface area (Å²) in [6.45, 7) is 9.97. The van der Waals surface area contributed by atoms with Gasteiger partial charge in [-0.1, -0.05) is 13.3 Å². The van der Waals surface area contributed by atoms with Crippen LogP contribution in [0, 0.1) is 0 Å². The third-order valence-electron chi connectivity index (χ3n) is 5.05. The second-order valence-corrected chi connectivity index (χ2v) is 7.59. The Bertz CT molecular complexity index is 823. The summed E-state index contributed by atoms with van der Waals surface area (Å²) < 4.78 is 1.86. The van der Waals surface area contributed by atoms with Crippen molar-refractivity contribution in [2.45, 2.75) is 39.7 Å². The lowest BCUT2D eigenvalue weighted by molar-refractivity contribution is -0.122. The highest BCUT2D eigenvalue weighted by molar-refractivity contribution is 5.97. The number of carbonyl (C=O) groups is 2. The number of nitrogens with one attached hydrogen (secondary N) is 1. The largest absolute Gasteiger partial charge is 0.355 e. The summed E-state index contributed by atoms with van der Waals surface area (Å²) in [4.78, 5) is 33.2. The SMILES string of the molecule is CCCCNC(=O)CN1CCN(C(=O)c2cnc3c(cnn3C(C)C)c2)CC1. The second kappa shape index (κ2) is 9.14. The van der Waals surface area contributed by atoms with Gasteiger partial charge in [0.25, 0.3) is 5.91 Å². The molecule has 0 bridgehead atoms. The van der Waals surface area contributed by atoms with Crippen LogP contribution in [0.25, 0.3) is 11.0 Å². The highest BCUT2D eigenvalue weighted by atomic mass is 16.2. The van der Waals surface area contributed by atoms with Gasteiger partial charge in [-0.2, -0.15) is 5.10 Å². The Hall–Kier alpha value is -2.48. The van der Waals surface area contributed by atoms with Gasteiger partial charge in [0, 0.05) is 50.3 Å². The number of pyridine rings is 1. The van der Waals surface area contributed by atoms with Crippen molar-refractivity contribution in [2.24, 2.45) is 0 Å². The molecule has 2 amide bonds. The predicted octanol–water partition coefficient (Wildman–Crippen LogP) is 1.69. The van der Waals surface area contributed by atoms with Crippen LogP contribution in [0.15, 0.2) is 18.5 Å². The van der Waals surface area contributed by atoms with E-state index in [2.05, 4.69) is 41.1 Å². The zero-order valence-electron chi connectivity index (χ0n) is 17.0. The molecule has 0 aromatic carbocycles. The van der Waals surface area contributed by atoms with E-state index >= 15 is 0 Å². The van der Waals surface area contributed by atoms with Crippen LogP contribution in [-0.2, 0) is 4.79 Å². The van der Waals surface area contributed by atoms with Crippen molar-refractivity contribution in [1.82, 2.24) is 29.9 Å². The Morgan fingerprint density at radius 1 is 1.18 bits per heavy atom. The molecule has 8 heteroatoms. The van der Waals surface area contributed by atoms with Crippen LogP contribution < -0.4 is 5.32 Å². The van der Waals surface area contributed by atoms with Crippen molar-refractivity contribution in [3.05, 3.63) is 24.0 Å². The number of nitrogens with zero attached hydrogens (tertiary/aromatic N) is 5. The molecule has 2 aromatic heterocycles. The molecule has 1 aliphatic heterocycles. The number of piperazine rings is 1. The van der Waals surface area contributed by atoms with E-state index in [1.807, 2.05) is 15.6 Å². The number of hydrogen-bond acceptors (Lipinski definition) is 5. The van der Waals surface area contributed by atoms with Crippen molar-refractivity contribution >= 4 is 22.8 Å². The van der Waals surface area contributed by atoms with E-state index in [9.17, 15) is 9.59 Å². The van der Waals surface area contributed by atoms with Gasteiger partial charge in [0.05, 0.1) is 18.3 Å². The lowest BCUT2D eigenvalue weighted by Gasteiger charge is -2.34. The normalized spacial score (nSPS) is 15.4. The number of unbranched alkanes of at least 4 members (excludes halogenated alkanes) is 1. The fraction of sp³-hybridized carbons (Fsp3) is 0.600. The summed E-state index contributed by atoms with van der Waals surface area (Å²) in [5.74, 6) is 0.0452. The van der Waals surface area contributed by atoms with Crippen LogP contribution in [0.1, 0.15) is 50.0 Å². The molecule has 8 nitrogen and oxygen atoms in total. The van der Waals surface area contributed by atoms with Crippen LogP contribution in [0.2, 0.25) is 0 Å². The fourth-order valence-electron chi connectivity index (χ4n) is 3.39. The summed E-state index contributed by atoms with van der Waals surface area (Å²) in [5.41, 5.74) is 1.38. The molecule has 0 aliphatic carbocycles. The van der Waals surface area contributed by atoms with E-state index < -0.39 is 0 Å². The molecule has 152 valence electrons. The zero-order valence-corrected chi connectivity index (χ0v) is 17.0. The van der Waals surface area contributed by atoms with E-state index in [1.165, 1.54) is 0 Å². The molecule has 3 heterocycles. The highest BCUT2D eigenvalue weighted by Crippen LogP contribution is 2.18. The first-order valence-electron chi connectivity index (χ1n) is 10.1. The van der Waals surface area contributed by atoms with Crippen molar-refractivity contribution in [2.75, 3.05) is 39.3 Å². The molecule has 1 fully saturated rings. The molecule has 0 unspecified atom stereocenters. The van der Waals surface area contributed by atoms with Gasteiger partial charge in [-0.3, -0.25) is 14.5 Å². The number of carbonyl (C=O) groups excluding carboxylic acids is 2. The number of rotatable bonds is 7. The Kier molecular flexibility index (Phi) is 6.61. The summed E-state index contributed by atoms with van der Waals surface area (Å²) in [7, 11) is 0. The predicted molar refractivity (Wildman–Crippen MR) is 108 cm³/mol. The van der Waals surface area contributed by atoms with Gasteiger partial charge in [-0.15, -0.1) is 0 Å². The molecule has 1 aliphatic rings. The number of amides is 2. The molecule has 1 saturated heterocycles. The second-order valence-electron chi connectivity index (χ2n) is 7.59. The Labute approximate surface area is 165 Å². The summed E-state index contributed by atoms with van der Waals surface area (Å²) in [5, 5.41) is 8.17. The minimum Gasteiger partial charge on any atom is -0.355 e. The third kappa shape index (κ3) is 4.67. The van der Waals surface area contributed by atoms with Crippen molar-refractivity contribution in [1.29, 1.82) is 0 Å². The molecular formula is C20H30N6O2. The summed E-state index contributed by atoms with van der Waals surface area (Å²) in [6, 6.07) is 2.09. The van der Waals surface area contributed by atoms with E-state index in [4.69, 9.17) is 0 Å². The van der Waals surface area contributed by atoms with Crippen molar-refractivity contribution in [3.8, 4) is 0 Å². The average molecular weight is 387 g/mol. The van der Waals surface area contributed by atoms with E-state index in [1.54, 1.807) is 12.4 Å². The highest BCUT2D eigenvalue weighted by Gasteiger charge is 2.24. The van der Waals surface area contributed by atoms with Gasteiger partial charge in [0.2, 0.25) is 5.91 Å². The van der Waals surface area contributed by atoms with Crippen LogP contribution in [-0.4, -0.2) is 75.6 Å². The molecule has 0 atom stereocenters. The lowest BCUT2D eigenvalue weighted by atomic mass is 10.2. The molecule has 0 spiro atoms. The standard InChI is InChI=1S/C20H30N6O2/c1-4-5-6-21-18(27)14-24-7-9-25(10-8-24)20(28)17-11-16-13-23-26(15(2)3)19(16)22-12-17/h11-13,15H,4-10,14H2,1-3H3,(H,21,27). The lowest BCUT2D eigenvalue weighted by Crippen LogP contribution is -2.51. The van der Waals surface area contributed by atoms with Gasteiger partial charge < -0.3 is 10.2 Å². The summed E-state index contributed by atoms with van der Waals surface area (Å²) in [6.07, 6.45) is 5.47. The van der Waals surface area contributed by atoms with Crippen molar-refractivity contribution < 1.29 is 9.59 Å². The molecular weight excluding hydrogens is 356 g/mol. The molecule has 0 radical (unpaired) electrons. The topological polar surface area (TPSA) is 83.4 Å². The first-order chi connectivity index (χ1) is 13.5. The maximum absolute atomic E-state index is 12.8. The van der Waals surface area contributed by atoms with Gasteiger partial charge in [0.1, 0.15) is 0 Å². The maximum Gasteiger partial charge on any atom is 0.255 e. The van der Waals surface area contributed by atoms with Crippen LogP contribution in [0.4, 0.5) is 0 Å². The van der Waals surface area contributed by atoms with Crippen LogP contribution >= 0.6 is 0 Å². The Morgan fingerprint density at radius 2 is 1.93 bits per heavy atom. The molecule has 3 rings (SSSR count). The van der Waals surface area contributed by atoms with E-state index in [0.717, 1.165) is 30.4 Å². The van der Waals surface area contributed by atoms with Gasteiger partial charge in [-0.05, 0) is 26.3 Å². The maximum atomic E-state index is 12.8. The molecule has 2 aromatic rings. The zero-order chi connectivity index (χ0) is 20.1. The van der Waals surface area contributed by atoms with Crippen LogP contribution in [0.5, 0.6) is 0 Å². The van der Waals surface area contributed by atoms with E-state index in [-0.39, 0.29) is 17.9 Å². The number of aromatic nitrogens is 3. The van der Waals surface area contributed by atoms with Gasteiger partial charge >= 0.3 is 0 Å². The molecule has 1 N–H and O–H groups in total. The average Bonchev–Trinajstić information content (AvgIpc) is 3.12. The van der Waals surface area contributed by atoms with Gasteiger partial charge in [-0.25, -0.2) is 9.67 Å². The minimum absolute atomic E-state index is 0.0151. The number of hydrogen-bond donors (Lipinski definition) is 1. The number of fused-ring (bicyclic) bond motifs is 1. The quantitative estimate of drug-likeness (QED) is 0.732. The monoisotopic (exact) mass is 386 g/mol. The Morgan fingerprint density at radius 3 is 2.61 bits per heavy atom. The van der Waals surface area contributed by atoms with Crippen molar-refractivity contribution in [3.63, 3.8) is 0 Å². The summed E-state index contributed by atoms with van der Waals surface area (Å²) >= 11 is 0. The Balaban J connectivity index is 1.55. The first-order valence-corrected chi connectivity index (χ1v) is 10.1. The smallest absolute Gasteiger partial charge is 0.255 e. The van der Waals surface area contributed by atoms with E-state index in [0.29, 0.717) is 38.3 Å². The molecule has 28 heavy (non-hydrogen) atoms. The van der Waals surface area contributed by atoms with Crippen LogP contribution in [0.3, 0.4) is 0 Å².